The van der Waals surface area contributed by atoms with E-state index >= 15 is 0 Å². The number of alkyl carbamates (subject to hydrolysis) is 1. The number of methoxy groups -OCH3 is 1. The van der Waals surface area contributed by atoms with Gasteiger partial charge in [-0.2, -0.15) is 4.72 Å². The first-order chi connectivity index (χ1) is 12.5. The van der Waals surface area contributed by atoms with Crippen LogP contribution < -0.4 is 14.8 Å². The van der Waals surface area contributed by atoms with Crippen molar-refractivity contribution in [2.24, 2.45) is 0 Å². The molecular formula is C17H26N2O7S. The van der Waals surface area contributed by atoms with Crippen LogP contribution in [0.4, 0.5) is 4.79 Å². The van der Waals surface area contributed by atoms with E-state index in [0.717, 1.165) is 0 Å². The molecule has 0 bridgehead atoms. The first kappa shape index (κ1) is 22.7. The number of rotatable bonds is 8. The highest BCUT2D eigenvalue weighted by molar-refractivity contribution is 7.89. The molecule has 0 fully saturated rings. The van der Waals surface area contributed by atoms with Crippen molar-refractivity contribution < 1.29 is 32.2 Å². The minimum absolute atomic E-state index is 0.0537. The Morgan fingerprint density at radius 1 is 1.19 bits per heavy atom. The fourth-order valence-corrected chi connectivity index (χ4v) is 3.36. The standard InChI is InChI=1S/C17H26N2O7S/c1-6-25-15(20)12(11-18-16(21)26-17(2,3)4)19-27(22,23)14-10-8-7-9-13(14)24-5/h7-10,12,19H,6,11H2,1-5H3,(H,18,21)/t12-/m0/s1. The number of benzene rings is 1. The van der Waals surface area contributed by atoms with E-state index in [2.05, 4.69) is 10.0 Å². The van der Waals surface area contributed by atoms with Crippen molar-refractivity contribution in [3.8, 4) is 5.75 Å². The number of hydrogen-bond donors (Lipinski definition) is 2. The smallest absolute Gasteiger partial charge is 0.407 e. The lowest BCUT2D eigenvalue weighted by molar-refractivity contribution is -0.144. The third-order valence-electron chi connectivity index (χ3n) is 3.08. The molecule has 0 saturated carbocycles. The molecule has 0 aliphatic rings. The van der Waals surface area contributed by atoms with Crippen LogP contribution in [0.1, 0.15) is 27.7 Å². The SMILES string of the molecule is CCOC(=O)[C@H](CNC(=O)OC(C)(C)C)NS(=O)(=O)c1ccccc1OC. The second-order valence-electron chi connectivity index (χ2n) is 6.46. The Kier molecular flexibility index (Phi) is 8.04. The molecule has 10 heteroatoms. The monoisotopic (exact) mass is 402 g/mol. The van der Waals surface area contributed by atoms with Gasteiger partial charge in [0.25, 0.3) is 0 Å². The van der Waals surface area contributed by atoms with E-state index in [9.17, 15) is 18.0 Å². The maximum absolute atomic E-state index is 12.7. The molecule has 0 heterocycles. The predicted octanol–water partition coefficient (Wildman–Crippen LogP) is 1.43. The average molecular weight is 402 g/mol. The number of carbonyl (C=O) groups excluding carboxylic acids is 2. The van der Waals surface area contributed by atoms with Crippen molar-refractivity contribution in [2.45, 2.75) is 44.2 Å². The molecule has 0 radical (unpaired) electrons. The molecule has 27 heavy (non-hydrogen) atoms. The summed E-state index contributed by atoms with van der Waals surface area (Å²) in [5, 5.41) is 2.36. The van der Waals surface area contributed by atoms with Crippen LogP contribution in [0.15, 0.2) is 29.2 Å². The number of amides is 1. The van der Waals surface area contributed by atoms with Gasteiger partial charge >= 0.3 is 12.1 Å². The number of para-hydroxylation sites is 1. The van der Waals surface area contributed by atoms with Crippen LogP contribution in [0.2, 0.25) is 0 Å². The molecule has 0 saturated heterocycles. The molecule has 9 nitrogen and oxygen atoms in total. The van der Waals surface area contributed by atoms with Crippen LogP contribution in [0.25, 0.3) is 0 Å². The first-order valence-electron chi connectivity index (χ1n) is 8.29. The Bertz CT molecular complexity index is 757. The van der Waals surface area contributed by atoms with Gasteiger partial charge in [-0.25, -0.2) is 13.2 Å². The van der Waals surface area contributed by atoms with Crippen LogP contribution in [0, 0.1) is 0 Å². The zero-order valence-electron chi connectivity index (χ0n) is 16.1. The van der Waals surface area contributed by atoms with E-state index in [0.29, 0.717) is 0 Å². The number of sulfonamides is 1. The number of hydrogen-bond acceptors (Lipinski definition) is 7. The summed E-state index contributed by atoms with van der Waals surface area (Å²) in [5.41, 5.74) is -0.736. The molecule has 1 aromatic rings. The van der Waals surface area contributed by atoms with E-state index in [1.165, 1.54) is 25.3 Å². The van der Waals surface area contributed by atoms with Crippen molar-refractivity contribution in [3.63, 3.8) is 0 Å². The van der Waals surface area contributed by atoms with Gasteiger partial charge in [-0.1, -0.05) is 12.1 Å². The van der Waals surface area contributed by atoms with Crippen LogP contribution >= 0.6 is 0 Å². The summed E-state index contributed by atoms with van der Waals surface area (Å²) in [5.74, 6) is -0.709. The van der Waals surface area contributed by atoms with Crippen LogP contribution in [-0.2, 0) is 24.3 Å². The number of esters is 1. The van der Waals surface area contributed by atoms with Crippen molar-refractivity contribution in [1.29, 1.82) is 0 Å². The van der Waals surface area contributed by atoms with Gasteiger partial charge in [0.05, 0.1) is 13.7 Å². The topological polar surface area (TPSA) is 120 Å². The number of ether oxygens (including phenoxy) is 3. The van der Waals surface area contributed by atoms with E-state index < -0.39 is 33.7 Å². The lowest BCUT2D eigenvalue weighted by atomic mass is 10.2. The molecule has 0 aliphatic heterocycles. The van der Waals surface area contributed by atoms with E-state index in [4.69, 9.17) is 14.2 Å². The largest absolute Gasteiger partial charge is 0.495 e. The molecule has 1 amide bonds. The van der Waals surface area contributed by atoms with Crippen molar-refractivity contribution in [2.75, 3.05) is 20.3 Å². The average Bonchev–Trinajstić information content (AvgIpc) is 2.57. The van der Waals surface area contributed by atoms with Gasteiger partial charge in [0.15, 0.2) is 0 Å². The molecule has 2 N–H and O–H groups in total. The molecule has 0 aromatic heterocycles. The first-order valence-corrected chi connectivity index (χ1v) is 9.77. The molecule has 1 aromatic carbocycles. The molecule has 1 rings (SSSR count). The molecule has 0 aliphatic carbocycles. The quantitative estimate of drug-likeness (QED) is 0.631. The van der Waals surface area contributed by atoms with Gasteiger partial charge in [-0.3, -0.25) is 4.79 Å². The zero-order chi connectivity index (χ0) is 20.7. The van der Waals surface area contributed by atoms with Gasteiger partial charge in [0.1, 0.15) is 22.3 Å². The van der Waals surface area contributed by atoms with Crippen LogP contribution in [-0.4, -0.2) is 52.4 Å². The predicted molar refractivity (Wildman–Crippen MR) is 98.0 cm³/mol. The normalized spacial score (nSPS) is 12.8. The van der Waals surface area contributed by atoms with Gasteiger partial charge < -0.3 is 19.5 Å². The van der Waals surface area contributed by atoms with E-state index in [1.807, 2.05) is 0 Å². The molecule has 152 valence electrons. The zero-order valence-corrected chi connectivity index (χ0v) is 16.9. The minimum atomic E-state index is -4.12. The van der Waals surface area contributed by atoms with Gasteiger partial charge in [0.2, 0.25) is 10.0 Å². The van der Waals surface area contributed by atoms with Crippen LogP contribution in [0.5, 0.6) is 5.75 Å². The summed E-state index contributed by atoms with van der Waals surface area (Å²) in [4.78, 5) is 23.8. The van der Waals surface area contributed by atoms with Crippen LogP contribution in [0.3, 0.4) is 0 Å². The van der Waals surface area contributed by atoms with E-state index in [-0.39, 0.29) is 23.8 Å². The Morgan fingerprint density at radius 2 is 1.81 bits per heavy atom. The molecule has 1 atom stereocenters. The van der Waals surface area contributed by atoms with Gasteiger partial charge in [0, 0.05) is 6.54 Å². The maximum atomic E-state index is 12.7. The fourth-order valence-electron chi connectivity index (χ4n) is 2.01. The Balaban J connectivity index is 2.97. The Labute approximate surface area is 159 Å². The second kappa shape index (κ2) is 9.56. The van der Waals surface area contributed by atoms with Gasteiger partial charge in [-0.15, -0.1) is 0 Å². The minimum Gasteiger partial charge on any atom is -0.495 e. The maximum Gasteiger partial charge on any atom is 0.407 e. The van der Waals surface area contributed by atoms with Gasteiger partial charge in [-0.05, 0) is 39.8 Å². The highest BCUT2D eigenvalue weighted by atomic mass is 32.2. The highest BCUT2D eigenvalue weighted by Gasteiger charge is 2.29. The number of nitrogens with one attached hydrogen (secondary N) is 2. The highest BCUT2D eigenvalue weighted by Crippen LogP contribution is 2.22. The summed E-state index contributed by atoms with van der Waals surface area (Å²) in [6.45, 7) is 6.34. The fraction of sp³-hybridized carbons (Fsp3) is 0.529. The molecule has 0 spiro atoms. The summed E-state index contributed by atoms with van der Waals surface area (Å²) in [6, 6.07) is 4.62. The Morgan fingerprint density at radius 3 is 2.37 bits per heavy atom. The van der Waals surface area contributed by atoms with E-state index in [1.54, 1.807) is 33.8 Å². The third kappa shape index (κ3) is 7.43. The van der Waals surface area contributed by atoms with Crippen molar-refractivity contribution in [1.82, 2.24) is 10.0 Å². The summed E-state index contributed by atoms with van der Waals surface area (Å²) >= 11 is 0. The Hall–Kier alpha value is -2.33. The summed E-state index contributed by atoms with van der Waals surface area (Å²) < 4.78 is 42.6. The number of carbonyl (C=O) groups is 2. The van der Waals surface area contributed by atoms with Crippen molar-refractivity contribution in [3.05, 3.63) is 24.3 Å². The second-order valence-corrected chi connectivity index (χ2v) is 8.14. The lowest BCUT2D eigenvalue weighted by Gasteiger charge is -2.22. The molecular weight excluding hydrogens is 376 g/mol. The summed E-state index contributed by atoms with van der Waals surface area (Å²) in [7, 11) is -2.78. The third-order valence-corrected chi connectivity index (χ3v) is 4.59. The summed E-state index contributed by atoms with van der Waals surface area (Å²) in [6.07, 6.45) is -0.784. The lowest BCUT2D eigenvalue weighted by Crippen LogP contribution is -2.49. The van der Waals surface area contributed by atoms with Crippen molar-refractivity contribution >= 4 is 22.1 Å². The molecule has 0 unspecified atom stereocenters.